The average Bonchev–Trinajstić information content (AvgIpc) is 3.71. The van der Waals surface area contributed by atoms with E-state index in [-0.39, 0.29) is 39.6 Å². The zero-order valence-electron chi connectivity index (χ0n) is 56.0. The minimum absolute atomic E-state index is 0.0518. The van der Waals surface area contributed by atoms with Crippen LogP contribution in [0.1, 0.15) is 107 Å². The topological polar surface area (TPSA) is 292 Å². The van der Waals surface area contributed by atoms with Crippen LogP contribution in [0.15, 0.2) is 0 Å². The van der Waals surface area contributed by atoms with Crippen LogP contribution in [-0.4, -0.2) is 266 Å². The molecule has 0 aromatic rings. The predicted molar refractivity (Wildman–Crippen MR) is 337 cm³/mol. The summed E-state index contributed by atoms with van der Waals surface area (Å²) in [6, 6.07) is 3.48. The van der Waals surface area contributed by atoms with E-state index < -0.39 is 68.2 Å². The van der Waals surface area contributed by atoms with Gasteiger partial charge in [0.2, 0.25) is 0 Å². The Morgan fingerprint density at radius 3 is 0.930 bits per heavy atom. The van der Waals surface area contributed by atoms with Crippen LogP contribution in [0.3, 0.4) is 0 Å². The van der Waals surface area contributed by atoms with Crippen molar-refractivity contribution < 1.29 is 115 Å². The van der Waals surface area contributed by atoms with E-state index in [4.69, 9.17) is 95.1 Å². The summed E-state index contributed by atoms with van der Waals surface area (Å²) in [6.07, 6.45) is 3.42. The Hall–Kier alpha value is -1.22. The predicted octanol–water partition coefficient (Wildman–Crippen LogP) is 6.97. The third kappa shape index (κ3) is 47.7. The maximum Gasteiger partial charge on any atom is 0.500 e. The molecule has 0 aliphatic rings. The van der Waals surface area contributed by atoms with Crippen LogP contribution in [0.25, 0.3) is 0 Å². The molecular formula is C54H122N2O25Si5. The highest BCUT2D eigenvalue weighted by atomic mass is 28.4. The molecule has 27 nitrogen and oxygen atoms in total. The number of ether oxygens (including phenoxy) is 7. The summed E-state index contributed by atoms with van der Waals surface area (Å²) in [5.41, 5.74) is 0. The van der Waals surface area contributed by atoms with Gasteiger partial charge >= 0.3 is 56.0 Å². The third-order valence-corrected chi connectivity index (χ3v) is 27.1. The largest absolute Gasteiger partial charge is 0.500 e. The second-order valence-electron chi connectivity index (χ2n) is 18.8. The molecule has 0 saturated heterocycles. The monoisotopic (exact) mass is 1340 g/mol. The first kappa shape index (κ1) is 89.0. The molecule has 4 N–H and O–H groups in total. The molecule has 0 aliphatic heterocycles. The van der Waals surface area contributed by atoms with Crippen molar-refractivity contribution in [1.82, 2.24) is 10.6 Å². The Morgan fingerprint density at radius 1 is 0.349 bits per heavy atom. The molecule has 0 aromatic carbocycles. The number of hydrogen-bond donors (Lipinski definition) is 4. The van der Waals surface area contributed by atoms with Gasteiger partial charge in [-0.25, -0.2) is 9.59 Å². The lowest BCUT2D eigenvalue weighted by atomic mass is 10.4. The number of unbranched alkanes of at least 4 members (excludes halogenated alkanes) is 1. The summed E-state index contributed by atoms with van der Waals surface area (Å²) in [5, 5.41) is 25.1. The number of amides is 2. The molecule has 0 aromatic heterocycles. The molecule has 0 heterocycles. The van der Waals surface area contributed by atoms with Crippen molar-refractivity contribution in [3.63, 3.8) is 0 Å². The van der Waals surface area contributed by atoms with Crippen molar-refractivity contribution in [2.24, 2.45) is 0 Å². The van der Waals surface area contributed by atoms with E-state index in [1.165, 1.54) is 6.42 Å². The number of carbonyl (C=O) groups is 2. The van der Waals surface area contributed by atoms with Crippen molar-refractivity contribution in [3.8, 4) is 0 Å². The summed E-state index contributed by atoms with van der Waals surface area (Å²) in [5.74, 6) is 0. The van der Waals surface area contributed by atoms with Gasteiger partial charge in [0.15, 0.2) is 0 Å². The van der Waals surface area contributed by atoms with Gasteiger partial charge in [-0.15, -0.1) is 0 Å². The van der Waals surface area contributed by atoms with Crippen LogP contribution in [0.5, 0.6) is 0 Å². The zero-order valence-corrected chi connectivity index (χ0v) is 61.0. The highest BCUT2D eigenvalue weighted by molar-refractivity contribution is 6.66. The van der Waals surface area contributed by atoms with Gasteiger partial charge in [-0.3, -0.25) is 0 Å². The molecule has 0 rings (SSSR count). The molecular weight excluding hydrogens is 1220 g/mol. The van der Waals surface area contributed by atoms with E-state index in [1.807, 2.05) is 55.4 Å². The molecule has 0 bridgehead atoms. The smallest absolute Gasteiger partial charge is 0.446 e. The number of hydrogen-bond acceptors (Lipinski definition) is 25. The first-order chi connectivity index (χ1) is 41.4. The molecule has 0 saturated carbocycles. The molecule has 0 aliphatic carbocycles. The van der Waals surface area contributed by atoms with E-state index in [2.05, 4.69) is 24.1 Å². The minimum Gasteiger partial charge on any atom is -0.446 e. The van der Waals surface area contributed by atoms with Gasteiger partial charge in [-0.05, 0) is 107 Å². The highest BCUT2D eigenvalue weighted by Crippen LogP contribution is 2.21. The van der Waals surface area contributed by atoms with Gasteiger partial charge in [0, 0.05) is 159 Å². The zero-order chi connectivity index (χ0) is 65.1. The molecule has 86 heavy (non-hydrogen) atoms. The lowest BCUT2D eigenvalue weighted by Gasteiger charge is -2.28. The number of rotatable bonds is 59. The minimum atomic E-state index is -2.72. The van der Waals surface area contributed by atoms with Crippen LogP contribution in [0, 0.1) is 0 Å². The number of aliphatic hydroxyl groups is 2. The quantitative estimate of drug-likeness (QED) is 0.0353. The molecule has 0 radical (unpaired) electrons. The Morgan fingerprint density at radius 2 is 0.628 bits per heavy atom. The van der Waals surface area contributed by atoms with E-state index in [0.29, 0.717) is 129 Å². The number of alkyl carbamates (subject to hydrolysis) is 2. The van der Waals surface area contributed by atoms with Gasteiger partial charge in [0.05, 0.1) is 39.6 Å². The first-order valence-electron chi connectivity index (χ1n) is 30.9. The van der Waals surface area contributed by atoms with E-state index >= 15 is 0 Å². The summed E-state index contributed by atoms with van der Waals surface area (Å²) < 4.78 is 116. The first-order valence-corrected chi connectivity index (χ1v) is 41.1. The molecule has 0 fully saturated rings. The lowest BCUT2D eigenvalue weighted by molar-refractivity contribution is -0.0506. The molecule has 2 amide bonds. The van der Waals surface area contributed by atoms with Crippen molar-refractivity contribution in [2.75, 3.05) is 188 Å². The maximum atomic E-state index is 11.9. The van der Waals surface area contributed by atoms with Crippen molar-refractivity contribution in [3.05, 3.63) is 0 Å². The molecule has 2 atom stereocenters. The normalized spacial score (nSPS) is 12.9. The summed E-state index contributed by atoms with van der Waals surface area (Å²) in [4.78, 5) is 23.7. The Labute approximate surface area is 523 Å². The summed E-state index contributed by atoms with van der Waals surface area (Å²) in [7, 11) is -3.08. The van der Waals surface area contributed by atoms with Crippen LogP contribution in [0.2, 0.25) is 36.8 Å². The van der Waals surface area contributed by atoms with Gasteiger partial charge < -0.3 is 116 Å². The van der Waals surface area contributed by atoms with Gasteiger partial charge in [-0.1, -0.05) is 13.3 Å². The SMILES string of the molecule is CCCCOCCC[Si](C)(OCC)OCC.CCO[Si](CCCNC(=O)OCCOC(=O)NCCC[Si](OCC)(OCC)OCC)(OCC)OCC.CO[Si](CCCOCC(O)COCCOCC(O)COCCC[Si](OC)(OC)OC)(OC)OC. The van der Waals surface area contributed by atoms with Gasteiger partial charge in [0.25, 0.3) is 0 Å². The van der Waals surface area contributed by atoms with Crippen LogP contribution in [-0.2, 0) is 95.1 Å². The number of nitrogens with one attached hydrogen (secondary N) is 2. The molecule has 32 heteroatoms. The fourth-order valence-electron chi connectivity index (χ4n) is 7.99. The maximum absolute atomic E-state index is 11.9. The van der Waals surface area contributed by atoms with Crippen molar-refractivity contribution >= 4 is 56.0 Å². The molecule has 518 valence electrons. The van der Waals surface area contributed by atoms with Crippen LogP contribution in [0.4, 0.5) is 9.59 Å². The van der Waals surface area contributed by atoms with E-state index in [9.17, 15) is 19.8 Å². The summed E-state index contributed by atoms with van der Waals surface area (Å²) in [6.45, 7) is 28.8. The van der Waals surface area contributed by atoms with Gasteiger partial charge in [0.1, 0.15) is 25.4 Å². The van der Waals surface area contributed by atoms with Gasteiger partial charge in [-0.2, -0.15) is 0 Å². The average molecular weight is 1340 g/mol. The number of carbonyl (C=O) groups excluding carboxylic acids is 2. The molecule has 0 spiro atoms. The van der Waals surface area contributed by atoms with E-state index in [0.717, 1.165) is 45.3 Å². The second-order valence-corrected chi connectivity index (χ2v) is 33.8. The third-order valence-electron chi connectivity index (χ3n) is 12.1. The summed E-state index contributed by atoms with van der Waals surface area (Å²) >= 11 is 0. The Kier molecular flexibility index (Phi) is 62.1. The second kappa shape index (κ2) is 60.1. The van der Waals surface area contributed by atoms with Crippen LogP contribution < -0.4 is 10.6 Å². The van der Waals surface area contributed by atoms with Crippen molar-refractivity contribution in [1.29, 1.82) is 0 Å². The standard InChI is InChI=1S/C22H48N2O10Si2.C20H46O12Si2.C12H28O3Si/c1-7-29-35(30-8-2,31-9-3)19-13-15-23-21(25)27-17-18-28-22(26)24-16-14-20-36(32-10-4,33-11-5)34-12-6;1-23-33(24-2,25-3)13-7-9-29-15-19(21)17-31-11-12-32-18-20(22)16-30-10-8-14-34(26-4,27-5)28-6;1-5-8-10-13-11-9-12-16(4,14-6-2)15-7-3/h7-20H2,1-6H3,(H,23,25)(H,24,26);19-22H,7-18H2,1-6H3;5-12H2,1-4H3. The molecule has 2 unspecified atom stereocenters. The highest BCUT2D eigenvalue weighted by Gasteiger charge is 2.41. The lowest BCUT2D eigenvalue weighted by Crippen LogP contribution is -2.46. The Bertz CT molecular complexity index is 1350. The van der Waals surface area contributed by atoms with Crippen molar-refractivity contribution in [2.45, 2.75) is 156 Å². The fraction of sp³-hybridized carbons (Fsp3) is 0.963. The number of aliphatic hydroxyl groups excluding tert-OH is 2. The fourth-order valence-corrected chi connectivity index (χ4v) is 19.0. The van der Waals surface area contributed by atoms with E-state index in [1.54, 1.807) is 42.7 Å². The Balaban J connectivity index is -0.00000129. The van der Waals surface area contributed by atoms with Crippen LogP contribution >= 0.6 is 0 Å².